The van der Waals surface area contributed by atoms with E-state index in [1.807, 2.05) is 0 Å². The van der Waals surface area contributed by atoms with Crippen molar-refractivity contribution in [3.05, 3.63) is 29.3 Å². The van der Waals surface area contributed by atoms with Crippen LogP contribution in [0.4, 0.5) is 26.3 Å². The third-order valence-corrected chi connectivity index (χ3v) is 4.09. The van der Waals surface area contributed by atoms with Gasteiger partial charge < -0.3 is 4.74 Å². The summed E-state index contributed by atoms with van der Waals surface area (Å²) in [7, 11) is 0. The van der Waals surface area contributed by atoms with E-state index >= 15 is 0 Å². The Morgan fingerprint density at radius 1 is 1.05 bits per heavy atom. The van der Waals surface area contributed by atoms with Gasteiger partial charge in [0.25, 0.3) is 0 Å². The maximum absolute atomic E-state index is 12.7. The molecular formula is C12H9BrF6O. The topological polar surface area (TPSA) is 9.23 Å². The first kappa shape index (κ1) is 15.5. The minimum Gasteiger partial charge on any atom is -0.493 e. The van der Waals surface area contributed by atoms with Crippen molar-refractivity contribution in [3.63, 3.8) is 0 Å². The van der Waals surface area contributed by atoms with Gasteiger partial charge in [-0.2, -0.15) is 26.3 Å². The van der Waals surface area contributed by atoms with Gasteiger partial charge in [-0.15, -0.1) is 0 Å². The molecule has 2 rings (SSSR count). The highest BCUT2D eigenvalue weighted by Gasteiger charge is 2.60. The average molecular weight is 363 g/mol. The Balaban J connectivity index is 2.35. The molecule has 0 radical (unpaired) electrons. The summed E-state index contributed by atoms with van der Waals surface area (Å²) in [6.07, 6.45) is -10.3. The van der Waals surface area contributed by atoms with Crippen LogP contribution in [0.25, 0.3) is 0 Å². The number of benzene rings is 1. The van der Waals surface area contributed by atoms with Crippen molar-refractivity contribution >= 4 is 15.9 Å². The second-order valence-corrected chi connectivity index (χ2v) is 5.41. The molecule has 0 fully saturated rings. The summed E-state index contributed by atoms with van der Waals surface area (Å²) in [5.41, 5.74) is 0.559. The van der Waals surface area contributed by atoms with E-state index in [-0.39, 0.29) is 5.56 Å². The van der Waals surface area contributed by atoms with Crippen LogP contribution in [0.1, 0.15) is 16.0 Å². The smallest absolute Gasteiger partial charge is 0.401 e. The second kappa shape index (κ2) is 5.13. The molecule has 20 heavy (non-hydrogen) atoms. The lowest BCUT2D eigenvalue weighted by Gasteiger charge is -2.27. The SMILES string of the molecule is FC(F)(F)C(C(Br)c1ccc2c(c1)CCO2)C(F)(F)F. The monoisotopic (exact) mass is 362 g/mol. The lowest BCUT2D eigenvalue weighted by atomic mass is 9.96. The van der Waals surface area contributed by atoms with E-state index in [0.717, 1.165) is 0 Å². The molecule has 1 aromatic rings. The number of hydrogen-bond acceptors (Lipinski definition) is 1. The van der Waals surface area contributed by atoms with Gasteiger partial charge in [-0.05, 0) is 17.2 Å². The van der Waals surface area contributed by atoms with E-state index in [9.17, 15) is 26.3 Å². The van der Waals surface area contributed by atoms with Crippen molar-refractivity contribution in [1.29, 1.82) is 0 Å². The number of rotatable bonds is 2. The molecular weight excluding hydrogens is 354 g/mol. The van der Waals surface area contributed by atoms with Gasteiger partial charge in [0, 0.05) is 6.42 Å². The van der Waals surface area contributed by atoms with Crippen LogP contribution in [0.2, 0.25) is 0 Å². The molecule has 0 saturated carbocycles. The zero-order valence-corrected chi connectivity index (χ0v) is 11.4. The Morgan fingerprint density at radius 2 is 1.65 bits per heavy atom. The van der Waals surface area contributed by atoms with Crippen molar-refractivity contribution < 1.29 is 31.1 Å². The summed E-state index contributed by atoms with van der Waals surface area (Å²) in [5, 5.41) is 0. The summed E-state index contributed by atoms with van der Waals surface area (Å²) in [6.45, 7) is 0.383. The lowest BCUT2D eigenvalue weighted by molar-refractivity contribution is -0.283. The zero-order valence-electron chi connectivity index (χ0n) is 9.85. The highest BCUT2D eigenvalue weighted by Crippen LogP contribution is 2.50. The summed E-state index contributed by atoms with van der Waals surface area (Å²) in [5.74, 6) is -2.95. The first-order chi connectivity index (χ1) is 9.10. The molecule has 0 saturated heterocycles. The van der Waals surface area contributed by atoms with Gasteiger partial charge >= 0.3 is 12.4 Å². The predicted molar refractivity (Wildman–Crippen MR) is 62.9 cm³/mol. The molecule has 0 aliphatic carbocycles. The molecule has 1 atom stereocenters. The Bertz CT molecular complexity index is 482. The number of fused-ring (bicyclic) bond motifs is 1. The Labute approximate surface area is 119 Å². The average Bonchev–Trinajstić information content (AvgIpc) is 2.71. The summed E-state index contributed by atoms with van der Waals surface area (Å²) >= 11 is 2.55. The van der Waals surface area contributed by atoms with Gasteiger partial charge in [0.05, 0.1) is 11.4 Å². The lowest BCUT2D eigenvalue weighted by Crippen LogP contribution is -2.39. The normalized spacial score (nSPS) is 17.0. The first-order valence-electron chi connectivity index (χ1n) is 5.64. The van der Waals surface area contributed by atoms with Crippen molar-refractivity contribution in [2.24, 2.45) is 5.92 Å². The van der Waals surface area contributed by atoms with Crippen LogP contribution in [-0.4, -0.2) is 19.0 Å². The fourth-order valence-electron chi connectivity index (χ4n) is 2.09. The highest BCUT2D eigenvalue weighted by molar-refractivity contribution is 9.09. The van der Waals surface area contributed by atoms with Crippen molar-refractivity contribution in [2.45, 2.75) is 23.6 Å². The summed E-state index contributed by atoms with van der Waals surface area (Å²) in [6, 6.07) is 3.94. The molecule has 1 aliphatic rings. The Morgan fingerprint density at radius 3 is 2.20 bits per heavy atom. The van der Waals surface area contributed by atoms with Crippen LogP contribution in [0.15, 0.2) is 18.2 Å². The fraction of sp³-hybridized carbons (Fsp3) is 0.500. The minimum atomic E-state index is -5.37. The van der Waals surface area contributed by atoms with Gasteiger partial charge in [0.15, 0.2) is 5.92 Å². The van der Waals surface area contributed by atoms with Crippen molar-refractivity contribution in [1.82, 2.24) is 0 Å². The summed E-state index contributed by atoms with van der Waals surface area (Å²) < 4.78 is 81.1. The standard InChI is InChI=1S/C12H9BrF6O/c13-9(10(11(14,15)16)12(17,18)19)7-1-2-8-6(5-7)3-4-20-8/h1-2,5,9-10H,3-4H2. The third kappa shape index (κ3) is 3.05. The fourth-order valence-corrected chi connectivity index (χ4v) is 2.97. The van der Waals surface area contributed by atoms with Gasteiger partial charge in [-0.1, -0.05) is 28.1 Å². The Hall–Kier alpha value is -0.920. The molecule has 0 bridgehead atoms. The second-order valence-electron chi connectivity index (χ2n) is 4.43. The van der Waals surface area contributed by atoms with E-state index in [2.05, 4.69) is 15.9 Å². The maximum atomic E-state index is 12.7. The van der Waals surface area contributed by atoms with Crippen LogP contribution < -0.4 is 4.74 Å². The number of hydrogen-bond donors (Lipinski definition) is 0. The van der Waals surface area contributed by atoms with E-state index in [4.69, 9.17) is 4.74 Å². The van der Waals surface area contributed by atoms with Crippen molar-refractivity contribution in [3.8, 4) is 5.75 Å². The molecule has 1 unspecified atom stereocenters. The molecule has 1 aliphatic heterocycles. The maximum Gasteiger partial charge on any atom is 0.401 e. The van der Waals surface area contributed by atoms with E-state index in [1.165, 1.54) is 18.2 Å². The number of alkyl halides is 7. The van der Waals surface area contributed by atoms with Crippen LogP contribution >= 0.6 is 15.9 Å². The molecule has 1 heterocycles. The van der Waals surface area contributed by atoms with Crippen LogP contribution in [0, 0.1) is 5.92 Å². The predicted octanol–water partition coefficient (Wildman–Crippen LogP) is 4.80. The Kier molecular flexibility index (Phi) is 3.96. The van der Waals surface area contributed by atoms with E-state index in [1.54, 1.807) is 0 Å². The van der Waals surface area contributed by atoms with Crippen LogP contribution in [0.5, 0.6) is 5.75 Å². The number of ether oxygens (including phenoxy) is 1. The highest BCUT2D eigenvalue weighted by atomic mass is 79.9. The van der Waals surface area contributed by atoms with Gasteiger partial charge in [0.1, 0.15) is 5.75 Å². The third-order valence-electron chi connectivity index (χ3n) is 3.03. The van der Waals surface area contributed by atoms with Gasteiger partial charge in [-0.25, -0.2) is 0 Å². The van der Waals surface area contributed by atoms with Gasteiger partial charge in [0.2, 0.25) is 0 Å². The van der Waals surface area contributed by atoms with Crippen LogP contribution in [-0.2, 0) is 6.42 Å². The minimum absolute atomic E-state index is 0.0612. The quantitative estimate of drug-likeness (QED) is 0.542. The van der Waals surface area contributed by atoms with Gasteiger partial charge in [-0.3, -0.25) is 0 Å². The molecule has 112 valence electrons. The largest absolute Gasteiger partial charge is 0.493 e. The van der Waals surface area contributed by atoms with E-state index in [0.29, 0.717) is 24.3 Å². The molecule has 0 N–H and O–H groups in total. The molecule has 8 heteroatoms. The van der Waals surface area contributed by atoms with Crippen molar-refractivity contribution in [2.75, 3.05) is 6.61 Å². The van der Waals surface area contributed by atoms with Crippen LogP contribution in [0.3, 0.4) is 0 Å². The molecule has 1 nitrogen and oxygen atoms in total. The van der Waals surface area contributed by atoms with E-state index < -0.39 is 23.1 Å². The zero-order chi connectivity index (χ0) is 15.1. The summed E-state index contributed by atoms with van der Waals surface area (Å²) in [4.78, 5) is -1.88. The first-order valence-corrected chi connectivity index (χ1v) is 6.55. The molecule has 1 aromatic carbocycles. The molecule has 0 spiro atoms. The number of halogens is 7. The molecule has 0 amide bonds. The molecule has 0 aromatic heterocycles.